The Labute approximate surface area is 149 Å². The van der Waals surface area contributed by atoms with Crippen LogP contribution in [0.1, 0.15) is 34.8 Å². The second-order valence-electron chi connectivity index (χ2n) is 5.40. The van der Waals surface area contributed by atoms with E-state index in [1.54, 1.807) is 12.2 Å². The van der Waals surface area contributed by atoms with Crippen molar-refractivity contribution in [2.45, 2.75) is 31.0 Å². The lowest BCUT2D eigenvalue weighted by atomic mass is 9.79. The highest BCUT2D eigenvalue weighted by atomic mass is 32.1. The number of aliphatic imine (C=N–C) groups is 1. The molecule has 11 heteroatoms. The van der Waals surface area contributed by atoms with E-state index in [-0.39, 0.29) is 5.69 Å². The number of hydrogen-bond acceptors (Lipinski definition) is 6. The number of nitrogens with zero attached hydrogens (tertiary/aromatic N) is 2. The minimum atomic E-state index is -5.10. The van der Waals surface area contributed by atoms with Gasteiger partial charge in [0.15, 0.2) is 11.5 Å². The minimum Gasteiger partial charge on any atom is -0.476 e. The van der Waals surface area contributed by atoms with Gasteiger partial charge >= 0.3 is 18.1 Å². The average Bonchev–Trinajstić information content (AvgIpc) is 3.22. The van der Waals surface area contributed by atoms with E-state index in [1.165, 1.54) is 23.7 Å². The zero-order valence-corrected chi connectivity index (χ0v) is 14.2. The topological polar surface area (TPSA) is 109 Å². The summed E-state index contributed by atoms with van der Waals surface area (Å²) in [6.07, 6.45) is -0.550. The third-order valence-electron chi connectivity index (χ3n) is 3.82. The summed E-state index contributed by atoms with van der Waals surface area (Å²) < 4.78 is 36.9. The van der Waals surface area contributed by atoms with Gasteiger partial charge in [-0.2, -0.15) is 13.2 Å². The molecule has 140 valence electrons. The SMILES string of the molecule is CCC(c1nc(C(=O)O)cs1)C1(C(=O)CNC(=O)C(F)(F)F)C=CC=N1. The zero-order valence-electron chi connectivity index (χ0n) is 13.4. The third kappa shape index (κ3) is 3.82. The van der Waals surface area contributed by atoms with Crippen molar-refractivity contribution in [3.8, 4) is 0 Å². The second kappa shape index (κ2) is 7.36. The minimum absolute atomic E-state index is 0.192. The van der Waals surface area contributed by atoms with Gasteiger partial charge in [-0.1, -0.05) is 6.92 Å². The van der Waals surface area contributed by atoms with Crippen LogP contribution in [0.5, 0.6) is 0 Å². The van der Waals surface area contributed by atoms with Gasteiger partial charge in [0.1, 0.15) is 5.54 Å². The maximum absolute atomic E-state index is 12.6. The van der Waals surface area contributed by atoms with E-state index < -0.39 is 41.8 Å². The van der Waals surface area contributed by atoms with Crippen LogP contribution >= 0.6 is 11.3 Å². The van der Waals surface area contributed by atoms with Crippen LogP contribution in [0.3, 0.4) is 0 Å². The number of carbonyl (C=O) groups is 3. The molecule has 1 amide bonds. The number of aromatic nitrogens is 1. The Morgan fingerprint density at radius 2 is 2.08 bits per heavy atom. The second-order valence-corrected chi connectivity index (χ2v) is 6.29. The lowest BCUT2D eigenvalue weighted by Gasteiger charge is -2.30. The number of carboxylic acid groups (broad SMARTS) is 1. The molecule has 7 nitrogen and oxygen atoms in total. The average molecular weight is 389 g/mol. The smallest absolute Gasteiger partial charge is 0.471 e. The quantitative estimate of drug-likeness (QED) is 0.741. The van der Waals surface area contributed by atoms with Crippen LogP contribution in [0.25, 0.3) is 0 Å². The summed E-state index contributed by atoms with van der Waals surface area (Å²) in [5.41, 5.74) is -1.73. The first-order valence-corrected chi connectivity index (χ1v) is 8.30. The molecule has 0 aromatic carbocycles. The number of allylic oxidation sites excluding steroid dienone is 1. The summed E-state index contributed by atoms with van der Waals surface area (Å²) in [7, 11) is 0. The first kappa shape index (κ1) is 19.8. The molecule has 1 aliphatic heterocycles. The van der Waals surface area contributed by atoms with Crippen molar-refractivity contribution in [2.75, 3.05) is 6.54 Å². The molecule has 2 unspecified atom stereocenters. The summed E-state index contributed by atoms with van der Waals surface area (Å²) in [6, 6.07) is 0. The van der Waals surface area contributed by atoms with Crippen molar-refractivity contribution in [3.05, 3.63) is 28.2 Å². The molecule has 0 aliphatic carbocycles. The number of aromatic carboxylic acids is 1. The van der Waals surface area contributed by atoms with Crippen molar-refractivity contribution < 1.29 is 32.7 Å². The number of thiazole rings is 1. The summed E-state index contributed by atoms with van der Waals surface area (Å²) in [4.78, 5) is 42.7. The standard InChI is InChI=1S/C15H14F3N3O4S/c1-2-8(11-21-9(7-26-11)12(23)24)14(4-3-5-20-14)10(22)6-19-13(25)15(16,17)18/h3-5,7-8H,2,6H2,1H3,(H,19,25)(H,23,24). The number of hydrogen-bond donors (Lipinski definition) is 2. The van der Waals surface area contributed by atoms with Crippen molar-refractivity contribution in [3.63, 3.8) is 0 Å². The maximum atomic E-state index is 12.6. The number of nitrogens with one attached hydrogen (secondary N) is 1. The van der Waals surface area contributed by atoms with Gasteiger partial charge in [-0.15, -0.1) is 11.3 Å². The van der Waals surface area contributed by atoms with Gasteiger partial charge in [0.2, 0.25) is 0 Å². The highest BCUT2D eigenvalue weighted by Crippen LogP contribution is 2.39. The van der Waals surface area contributed by atoms with Crippen LogP contribution in [0, 0.1) is 0 Å². The van der Waals surface area contributed by atoms with Gasteiger partial charge < -0.3 is 10.4 Å². The van der Waals surface area contributed by atoms with E-state index in [4.69, 9.17) is 5.11 Å². The highest BCUT2D eigenvalue weighted by molar-refractivity contribution is 7.10. The summed E-state index contributed by atoms with van der Waals surface area (Å²) in [5.74, 6) is -4.88. The fraction of sp³-hybridized carbons (Fsp3) is 0.400. The number of ketones is 1. The Bertz CT molecular complexity index is 773. The molecule has 0 fully saturated rings. The normalized spacial score (nSPS) is 20.2. The lowest BCUT2D eigenvalue weighted by Crippen LogP contribution is -2.48. The van der Waals surface area contributed by atoms with Gasteiger partial charge in [0, 0.05) is 17.5 Å². The van der Waals surface area contributed by atoms with Crippen molar-refractivity contribution in [2.24, 2.45) is 4.99 Å². The van der Waals surface area contributed by atoms with Gasteiger partial charge in [-0.25, -0.2) is 9.78 Å². The van der Waals surface area contributed by atoms with Gasteiger partial charge in [-0.05, 0) is 18.6 Å². The molecule has 0 saturated carbocycles. The largest absolute Gasteiger partial charge is 0.476 e. The lowest BCUT2D eigenvalue weighted by molar-refractivity contribution is -0.173. The molecule has 26 heavy (non-hydrogen) atoms. The van der Waals surface area contributed by atoms with Crippen LogP contribution in [0.2, 0.25) is 0 Å². The third-order valence-corrected chi connectivity index (χ3v) is 4.78. The van der Waals surface area contributed by atoms with Crippen LogP contribution in [0.15, 0.2) is 22.5 Å². The summed E-state index contributed by atoms with van der Waals surface area (Å²) >= 11 is 1.02. The van der Waals surface area contributed by atoms with E-state index in [1.807, 2.05) is 0 Å². The number of alkyl halides is 3. The predicted molar refractivity (Wildman–Crippen MR) is 86.5 cm³/mol. The Morgan fingerprint density at radius 3 is 2.54 bits per heavy atom. The molecule has 0 bridgehead atoms. The maximum Gasteiger partial charge on any atom is 0.471 e. The van der Waals surface area contributed by atoms with Crippen LogP contribution in [0.4, 0.5) is 13.2 Å². The summed E-state index contributed by atoms with van der Waals surface area (Å²) in [5, 5.41) is 12.2. The first-order valence-electron chi connectivity index (χ1n) is 7.42. The molecular weight excluding hydrogens is 375 g/mol. The number of Topliss-reactive ketones (excluding diaryl/α,β-unsaturated/α-hetero) is 1. The van der Waals surface area contributed by atoms with E-state index in [0.29, 0.717) is 11.4 Å². The van der Waals surface area contributed by atoms with Crippen molar-refractivity contribution in [1.29, 1.82) is 0 Å². The highest BCUT2D eigenvalue weighted by Gasteiger charge is 2.46. The van der Waals surface area contributed by atoms with Crippen molar-refractivity contribution >= 4 is 35.2 Å². The number of amides is 1. The van der Waals surface area contributed by atoms with E-state index in [0.717, 1.165) is 11.3 Å². The Morgan fingerprint density at radius 1 is 1.38 bits per heavy atom. The number of rotatable bonds is 7. The number of halogens is 3. The van der Waals surface area contributed by atoms with Crippen LogP contribution < -0.4 is 5.32 Å². The molecule has 2 rings (SSSR count). The van der Waals surface area contributed by atoms with Gasteiger partial charge in [0.25, 0.3) is 0 Å². The molecule has 0 saturated heterocycles. The Balaban J connectivity index is 2.28. The van der Waals surface area contributed by atoms with Gasteiger partial charge in [0.05, 0.1) is 11.6 Å². The summed E-state index contributed by atoms with van der Waals surface area (Å²) in [6.45, 7) is 0.852. The number of carbonyl (C=O) groups excluding carboxylic acids is 2. The Kier molecular flexibility index (Phi) is 5.59. The predicted octanol–water partition coefficient (Wildman–Crippen LogP) is 1.96. The van der Waals surface area contributed by atoms with Crippen molar-refractivity contribution in [1.82, 2.24) is 10.3 Å². The van der Waals surface area contributed by atoms with Gasteiger partial charge in [-0.3, -0.25) is 14.6 Å². The molecule has 2 atom stereocenters. The Hall–Kier alpha value is -2.56. The fourth-order valence-corrected chi connectivity index (χ4v) is 3.63. The molecular formula is C15H14F3N3O4S. The molecule has 2 N–H and O–H groups in total. The first-order chi connectivity index (χ1) is 12.1. The van der Waals surface area contributed by atoms with E-state index in [2.05, 4.69) is 9.98 Å². The number of carboxylic acids is 1. The molecule has 1 aromatic rings. The molecule has 1 aliphatic rings. The van der Waals surface area contributed by atoms with Crippen LogP contribution in [-0.4, -0.2) is 52.2 Å². The van der Waals surface area contributed by atoms with E-state index in [9.17, 15) is 27.6 Å². The molecule has 0 spiro atoms. The van der Waals surface area contributed by atoms with Crippen LogP contribution in [-0.2, 0) is 9.59 Å². The van der Waals surface area contributed by atoms with E-state index >= 15 is 0 Å². The molecule has 2 heterocycles. The zero-order chi connectivity index (χ0) is 19.5. The fourth-order valence-electron chi connectivity index (χ4n) is 2.59. The molecule has 0 radical (unpaired) electrons. The molecule has 1 aromatic heterocycles. The monoisotopic (exact) mass is 389 g/mol.